The molecule has 1 N–H and O–H groups in total. The van der Waals surface area contributed by atoms with Gasteiger partial charge in [-0.2, -0.15) is 0 Å². The zero-order valence-corrected chi connectivity index (χ0v) is 4.42. The molecule has 2 heterocycles. The van der Waals surface area contributed by atoms with Crippen LogP contribution in [-0.4, -0.2) is 16.2 Å². The van der Waals surface area contributed by atoms with Crippen LogP contribution in [0.25, 0.3) is 0 Å². The topological polar surface area (TPSA) is 68.0 Å². The average molecular weight is 125 g/mol. The predicted octanol–water partition coefficient (Wildman–Crippen LogP) is -0.436. The molecule has 46 valence electrons. The first kappa shape index (κ1) is 4.49. The number of nitrogens with one attached hydrogen (secondary N) is 1. The van der Waals surface area contributed by atoms with E-state index in [0.29, 0.717) is 17.9 Å². The van der Waals surface area contributed by atoms with Crippen LogP contribution in [0, 0.1) is 0 Å². The first-order valence-corrected chi connectivity index (χ1v) is 2.47. The van der Waals surface area contributed by atoms with Crippen LogP contribution >= 0.6 is 0 Å². The number of hydrogen-bond donors (Lipinski definition) is 1. The van der Waals surface area contributed by atoms with Crippen LogP contribution in [0.5, 0.6) is 0 Å². The lowest BCUT2D eigenvalue weighted by Crippen LogP contribution is -2.04. The number of hydrogen-bond acceptors (Lipinski definition) is 4. The minimum atomic E-state index is -0.0733. The minimum Gasteiger partial charge on any atom is -0.306 e. The summed E-state index contributed by atoms with van der Waals surface area (Å²) in [4.78, 5) is 10.5. The molecule has 0 unspecified atom stereocenters. The maximum absolute atomic E-state index is 10.5. The number of amides is 1. The number of aromatic nitrogens is 2. The summed E-state index contributed by atoms with van der Waals surface area (Å²) in [5.41, 5.74) is 0.597. The van der Waals surface area contributed by atoms with Crippen molar-refractivity contribution in [2.45, 2.75) is 6.42 Å². The molecule has 0 spiro atoms. The molecule has 1 aromatic heterocycles. The van der Waals surface area contributed by atoms with Crippen molar-refractivity contribution >= 4 is 11.7 Å². The van der Waals surface area contributed by atoms with Gasteiger partial charge in [0.1, 0.15) is 5.69 Å². The van der Waals surface area contributed by atoms with Gasteiger partial charge in [0.2, 0.25) is 11.7 Å². The molecule has 1 aliphatic heterocycles. The third-order valence-electron chi connectivity index (χ3n) is 1.14. The summed E-state index contributed by atoms with van der Waals surface area (Å²) < 4.78 is 4.32. The third kappa shape index (κ3) is 0.509. The lowest BCUT2D eigenvalue weighted by atomic mass is 10.4. The van der Waals surface area contributed by atoms with Gasteiger partial charge in [0, 0.05) is 0 Å². The molecule has 0 fully saturated rings. The van der Waals surface area contributed by atoms with Crippen molar-refractivity contribution in [1.82, 2.24) is 10.3 Å². The van der Waals surface area contributed by atoms with E-state index in [-0.39, 0.29) is 5.91 Å². The monoisotopic (exact) mass is 125 g/mol. The largest absolute Gasteiger partial charge is 0.306 e. The molecule has 5 nitrogen and oxygen atoms in total. The molecule has 2 rings (SSSR count). The number of nitrogens with zero attached hydrogens (tertiary/aromatic N) is 2. The normalized spacial score (nSPS) is 15.3. The smallest absolute Gasteiger partial charge is 0.231 e. The first-order chi connectivity index (χ1) is 4.36. The van der Waals surface area contributed by atoms with Crippen LogP contribution in [0.3, 0.4) is 0 Å². The van der Waals surface area contributed by atoms with E-state index in [2.05, 4.69) is 20.3 Å². The summed E-state index contributed by atoms with van der Waals surface area (Å²) in [6.07, 6.45) is 0.291. The fourth-order valence-electron chi connectivity index (χ4n) is 0.746. The summed E-state index contributed by atoms with van der Waals surface area (Å²) in [5, 5.41) is 9.38. The Hall–Kier alpha value is -1.39. The van der Waals surface area contributed by atoms with Gasteiger partial charge < -0.3 is 5.32 Å². The number of fused-ring (bicyclic) bond motifs is 1. The van der Waals surface area contributed by atoms with Gasteiger partial charge in [-0.15, -0.1) is 0 Å². The molecular weight excluding hydrogens is 122 g/mol. The van der Waals surface area contributed by atoms with Gasteiger partial charge in [-0.05, 0) is 5.16 Å². The van der Waals surface area contributed by atoms with Crippen LogP contribution < -0.4 is 5.32 Å². The highest BCUT2D eigenvalue weighted by molar-refractivity contribution is 5.96. The molecule has 1 aromatic rings. The van der Waals surface area contributed by atoms with Crippen molar-refractivity contribution < 1.29 is 9.42 Å². The Morgan fingerprint density at radius 2 is 2.44 bits per heavy atom. The third-order valence-corrected chi connectivity index (χ3v) is 1.14. The minimum absolute atomic E-state index is 0.0733. The molecule has 0 saturated heterocycles. The van der Waals surface area contributed by atoms with Gasteiger partial charge >= 0.3 is 0 Å². The second-order valence-electron chi connectivity index (χ2n) is 1.78. The van der Waals surface area contributed by atoms with Gasteiger partial charge in [0.05, 0.1) is 6.42 Å². The van der Waals surface area contributed by atoms with E-state index < -0.39 is 0 Å². The van der Waals surface area contributed by atoms with Gasteiger partial charge in [0.15, 0.2) is 0 Å². The molecule has 1 amide bonds. The van der Waals surface area contributed by atoms with Crippen LogP contribution in [0.15, 0.2) is 4.63 Å². The Morgan fingerprint density at radius 1 is 1.56 bits per heavy atom. The molecular formula is C4H3N3O2. The number of carbonyl (C=O) groups excluding carboxylic acids is 1. The van der Waals surface area contributed by atoms with E-state index in [0.717, 1.165) is 0 Å². The summed E-state index contributed by atoms with van der Waals surface area (Å²) in [6, 6.07) is 0. The lowest BCUT2D eigenvalue weighted by Gasteiger charge is -1.82. The van der Waals surface area contributed by atoms with Crippen molar-refractivity contribution in [1.29, 1.82) is 0 Å². The van der Waals surface area contributed by atoms with Gasteiger partial charge in [-0.25, -0.2) is 4.63 Å². The molecule has 0 aromatic carbocycles. The zero-order chi connectivity index (χ0) is 6.27. The van der Waals surface area contributed by atoms with E-state index in [9.17, 15) is 4.79 Å². The maximum atomic E-state index is 10.5. The van der Waals surface area contributed by atoms with Gasteiger partial charge in [-0.3, -0.25) is 4.79 Å². The van der Waals surface area contributed by atoms with Crippen LogP contribution in [0.1, 0.15) is 5.69 Å². The van der Waals surface area contributed by atoms with Crippen molar-refractivity contribution in [3.8, 4) is 0 Å². The van der Waals surface area contributed by atoms with Crippen LogP contribution in [-0.2, 0) is 11.2 Å². The Labute approximate surface area is 50.0 Å². The Bertz CT molecular complexity index is 232. The van der Waals surface area contributed by atoms with Crippen molar-refractivity contribution in [3.63, 3.8) is 0 Å². The fraction of sp³-hybridized carbons (Fsp3) is 0.250. The second-order valence-corrected chi connectivity index (χ2v) is 1.78. The van der Waals surface area contributed by atoms with Crippen molar-refractivity contribution in [2.24, 2.45) is 0 Å². The van der Waals surface area contributed by atoms with Crippen molar-refractivity contribution in [3.05, 3.63) is 5.69 Å². The number of anilines is 1. The van der Waals surface area contributed by atoms with E-state index in [1.165, 1.54) is 0 Å². The predicted molar refractivity (Wildman–Crippen MR) is 26.6 cm³/mol. The molecule has 0 radical (unpaired) electrons. The molecule has 9 heavy (non-hydrogen) atoms. The highest BCUT2D eigenvalue weighted by Crippen LogP contribution is 2.16. The Morgan fingerprint density at radius 3 is 3.22 bits per heavy atom. The number of carbonyl (C=O) groups is 1. The average Bonchev–Trinajstić information content (AvgIpc) is 2.22. The summed E-state index contributed by atoms with van der Waals surface area (Å²) in [6.45, 7) is 0. The van der Waals surface area contributed by atoms with Gasteiger partial charge in [0.25, 0.3) is 0 Å². The zero-order valence-electron chi connectivity index (χ0n) is 4.42. The number of rotatable bonds is 0. The summed E-state index contributed by atoms with van der Waals surface area (Å²) >= 11 is 0. The second kappa shape index (κ2) is 1.31. The van der Waals surface area contributed by atoms with Crippen LogP contribution in [0.4, 0.5) is 5.82 Å². The highest BCUT2D eigenvalue weighted by atomic mass is 16.6. The maximum Gasteiger partial charge on any atom is 0.231 e. The van der Waals surface area contributed by atoms with E-state index in [1.807, 2.05) is 0 Å². The summed E-state index contributed by atoms with van der Waals surface area (Å²) in [7, 11) is 0. The molecule has 5 heteroatoms. The standard InChI is InChI=1S/C4H3N3O2/c8-3-1-2-4(5-3)7-9-6-2/h1H2,(H,5,7,8). The molecule has 0 aliphatic carbocycles. The lowest BCUT2D eigenvalue weighted by molar-refractivity contribution is -0.115. The Kier molecular flexibility index (Phi) is 0.652. The van der Waals surface area contributed by atoms with E-state index >= 15 is 0 Å². The van der Waals surface area contributed by atoms with E-state index in [4.69, 9.17) is 0 Å². The Balaban J connectivity index is 2.49. The first-order valence-electron chi connectivity index (χ1n) is 2.47. The summed E-state index contributed by atoms with van der Waals surface area (Å²) in [5.74, 6) is 0.385. The molecule has 0 bridgehead atoms. The van der Waals surface area contributed by atoms with Crippen LogP contribution in [0.2, 0.25) is 0 Å². The van der Waals surface area contributed by atoms with Crippen molar-refractivity contribution in [2.75, 3.05) is 5.32 Å². The SMILES string of the molecule is O=C1Cc2nonc2N1. The van der Waals surface area contributed by atoms with Gasteiger partial charge in [-0.1, -0.05) is 5.16 Å². The highest BCUT2D eigenvalue weighted by Gasteiger charge is 2.22. The molecule has 0 atom stereocenters. The molecule has 0 saturated carbocycles. The van der Waals surface area contributed by atoms with E-state index in [1.54, 1.807) is 0 Å². The fourth-order valence-corrected chi connectivity index (χ4v) is 0.746. The molecule has 1 aliphatic rings. The quantitative estimate of drug-likeness (QED) is 0.510.